The molecule has 0 amide bonds. The Balaban J connectivity index is 2.22. The fraction of sp³-hybridized carbons (Fsp3) is 0.929. The van der Waals surface area contributed by atoms with Crippen molar-refractivity contribution in [2.75, 3.05) is 6.61 Å². The van der Waals surface area contributed by atoms with Crippen LogP contribution in [0.1, 0.15) is 59.8 Å². The van der Waals surface area contributed by atoms with Crippen LogP contribution in [-0.2, 0) is 14.3 Å². The average molecular weight is 258 g/mol. The first-order valence-corrected chi connectivity index (χ1v) is 6.80. The number of rotatable bonds is 6. The first-order valence-electron chi connectivity index (χ1n) is 6.80. The molecule has 18 heavy (non-hydrogen) atoms. The summed E-state index contributed by atoms with van der Waals surface area (Å²) in [6.07, 6.45) is 3.39. The van der Waals surface area contributed by atoms with Crippen molar-refractivity contribution in [2.45, 2.75) is 77.1 Å². The summed E-state index contributed by atoms with van der Waals surface area (Å²) < 4.78 is 10.8. The number of carbonyl (C=O) groups excluding carboxylic acids is 1. The second kappa shape index (κ2) is 6.02. The molecule has 1 aliphatic carbocycles. The molecule has 1 saturated carbocycles. The lowest BCUT2D eigenvalue weighted by molar-refractivity contribution is -0.176. The highest BCUT2D eigenvalue weighted by Gasteiger charge is 2.45. The highest BCUT2D eigenvalue weighted by molar-refractivity contribution is 5.71. The first-order chi connectivity index (χ1) is 8.24. The average Bonchev–Trinajstić information content (AvgIpc) is 2.11. The van der Waals surface area contributed by atoms with Gasteiger partial charge in [0, 0.05) is 19.4 Å². The van der Waals surface area contributed by atoms with Crippen LogP contribution in [0.3, 0.4) is 0 Å². The molecule has 0 aromatic rings. The zero-order valence-corrected chi connectivity index (χ0v) is 12.0. The number of esters is 1. The van der Waals surface area contributed by atoms with E-state index < -0.39 is 11.2 Å². The van der Waals surface area contributed by atoms with Gasteiger partial charge in [0.2, 0.25) is 0 Å². The Morgan fingerprint density at radius 3 is 2.50 bits per heavy atom. The molecule has 0 aliphatic heterocycles. The minimum absolute atomic E-state index is 0.0674. The largest absolute Gasteiger partial charge is 0.460 e. The molecule has 4 heteroatoms. The molecular weight excluding hydrogens is 232 g/mol. The highest BCUT2D eigenvalue weighted by Crippen LogP contribution is 2.37. The molecule has 106 valence electrons. The summed E-state index contributed by atoms with van der Waals surface area (Å²) in [5.74, 6) is -0.336. The van der Waals surface area contributed by atoms with Crippen molar-refractivity contribution in [2.24, 2.45) is 0 Å². The fourth-order valence-electron chi connectivity index (χ4n) is 2.09. The first kappa shape index (κ1) is 15.4. The summed E-state index contributed by atoms with van der Waals surface area (Å²) in [6.45, 7) is 8.33. The Morgan fingerprint density at radius 2 is 2.00 bits per heavy atom. The van der Waals surface area contributed by atoms with E-state index in [1.807, 2.05) is 20.8 Å². The molecule has 0 atom stereocenters. The molecule has 0 heterocycles. The van der Waals surface area contributed by atoms with Gasteiger partial charge in [-0.1, -0.05) is 13.3 Å². The van der Waals surface area contributed by atoms with E-state index in [2.05, 4.69) is 6.92 Å². The van der Waals surface area contributed by atoms with Crippen molar-refractivity contribution in [3.8, 4) is 0 Å². The smallest absolute Gasteiger partial charge is 0.309 e. The van der Waals surface area contributed by atoms with Gasteiger partial charge in [-0.3, -0.25) is 4.79 Å². The number of ether oxygens (including phenoxy) is 2. The van der Waals surface area contributed by atoms with Crippen molar-refractivity contribution in [3.05, 3.63) is 0 Å². The predicted octanol–water partition coefficient (Wildman–Crippen LogP) is 2.43. The van der Waals surface area contributed by atoms with Crippen LogP contribution >= 0.6 is 0 Å². The van der Waals surface area contributed by atoms with Crippen LogP contribution < -0.4 is 0 Å². The van der Waals surface area contributed by atoms with Crippen LogP contribution in [0, 0.1) is 0 Å². The summed E-state index contributed by atoms with van der Waals surface area (Å²) >= 11 is 0. The normalized spacial score (nSPS) is 27.7. The Labute approximate surface area is 110 Å². The lowest BCUT2D eigenvalue weighted by Gasteiger charge is -2.43. The van der Waals surface area contributed by atoms with Gasteiger partial charge in [0.15, 0.2) is 0 Å². The van der Waals surface area contributed by atoms with Crippen LogP contribution in [-0.4, -0.2) is 35.0 Å². The van der Waals surface area contributed by atoms with E-state index in [1.165, 1.54) is 0 Å². The monoisotopic (exact) mass is 258 g/mol. The summed E-state index contributed by atoms with van der Waals surface area (Å²) in [7, 11) is 0. The second-order valence-corrected chi connectivity index (χ2v) is 6.24. The fourth-order valence-corrected chi connectivity index (χ4v) is 2.09. The van der Waals surface area contributed by atoms with Gasteiger partial charge in [-0.25, -0.2) is 0 Å². The molecule has 0 aromatic carbocycles. The molecule has 0 radical (unpaired) electrons. The highest BCUT2D eigenvalue weighted by atomic mass is 16.6. The summed E-state index contributed by atoms with van der Waals surface area (Å²) in [6, 6.07) is 0. The Hall–Kier alpha value is -0.610. The molecule has 1 fully saturated rings. The number of aliphatic hydroxyl groups is 1. The van der Waals surface area contributed by atoms with Crippen LogP contribution in [0.15, 0.2) is 0 Å². The van der Waals surface area contributed by atoms with Gasteiger partial charge in [0.1, 0.15) is 5.60 Å². The van der Waals surface area contributed by atoms with Gasteiger partial charge in [-0.2, -0.15) is 0 Å². The zero-order chi connectivity index (χ0) is 13.8. The van der Waals surface area contributed by atoms with Crippen LogP contribution in [0.4, 0.5) is 0 Å². The lowest BCUT2D eigenvalue weighted by Crippen LogP contribution is -2.50. The number of unbranched alkanes of at least 4 members (excludes halogenated alkanes) is 1. The van der Waals surface area contributed by atoms with Crippen molar-refractivity contribution in [1.29, 1.82) is 0 Å². The van der Waals surface area contributed by atoms with E-state index in [1.54, 1.807) is 0 Å². The van der Waals surface area contributed by atoms with Crippen molar-refractivity contribution in [3.63, 3.8) is 0 Å². The van der Waals surface area contributed by atoms with E-state index in [9.17, 15) is 9.90 Å². The zero-order valence-electron chi connectivity index (χ0n) is 12.0. The summed E-state index contributed by atoms with van der Waals surface area (Å²) in [4.78, 5) is 11.6. The quantitative estimate of drug-likeness (QED) is 0.587. The molecule has 0 unspecified atom stereocenters. The Bertz CT molecular complexity index is 274. The topological polar surface area (TPSA) is 55.8 Å². The molecule has 0 saturated heterocycles. The molecule has 0 bridgehead atoms. The minimum atomic E-state index is -0.917. The standard InChI is InChI=1S/C14H26O4/c1-5-6-7-17-11-8-14(16,9-11)10-12(15)18-13(2,3)4/h11,16H,5-10H2,1-4H3. The predicted molar refractivity (Wildman–Crippen MR) is 69.3 cm³/mol. The van der Waals surface area contributed by atoms with E-state index in [-0.39, 0.29) is 18.5 Å². The van der Waals surface area contributed by atoms with Crippen LogP contribution in [0.25, 0.3) is 0 Å². The lowest BCUT2D eigenvalue weighted by atomic mass is 9.75. The van der Waals surface area contributed by atoms with Crippen molar-refractivity contribution in [1.82, 2.24) is 0 Å². The van der Waals surface area contributed by atoms with Crippen molar-refractivity contribution >= 4 is 5.97 Å². The summed E-state index contributed by atoms with van der Waals surface area (Å²) in [5, 5.41) is 10.1. The molecule has 1 N–H and O–H groups in total. The van der Waals surface area contributed by atoms with Gasteiger partial charge in [0.05, 0.1) is 18.1 Å². The van der Waals surface area contributed by atoms with Crippen LogP contribution in [0.2, 0.25) is 0 Å². The Morgan fingerprint density at radius 1 is 1.39 bits per heavy atom. The van der Waals surface area contributed by atoms with Gasteiger partial charge in [0.25, 0.3) is 0 Å². The molecular formula is C14H26O4. The second-order valence-electron chi connectivity index (χ2n) is 6.24. The molecule has 0 spiro atoms. The van der Waals surface area contributed by atoms with E-state index in [4.69, 9.17) is 9.47 Å². The van der Waals surface area contributed by atoms with Crippen LogP contribution in [0.5, 0.6) is 0 Å². The third-order valence-corrected chi connectivity index (χ3v) is 2.96. The molecule has 1 aliphatic rings. The van der Waals surface area contributed by atoms with Gasteiger partial charge in [-0.15, -0.1) is 0 Å². The van der Waals surface area contributed by atoms with E-state index in [0.29, 0.717) is 12.8 Å². The maximum atomic E-state index is 11.6. The molecule has 1 rings (SSSR count). The number of carbonyl (C=O) groups is 1. The van der Waals surface area contributed by atoms with Crippen molar-refractivity contribution < 1.29 is 19.4 Å². The van der Waals surface area contributed by atoms with Gasteiger partial charge >= 0.3 is 5.97 Å². The third kappa shape index (κ3) is 5.36. The minimum Gasteiger partial charge on any atom is -0.460 e. The van der Waals surface area contributed by atoms with Gasteiger partial charge < -0.3 is 14.6 Å². The summed E-state index contributed by atoms with van der Waals surface area (Å²) in [5.41, 5.74) is -1.41. The van der Waals surface area contributed by atoms with E-state index in [0.717, 1.165) is 19.4 Å². The van der Waals surface area contributed by atoms with E-state index >= 15 is 0 Å². The Kier molecular flexibility index (Phi) is 5.17. The molecule has 4 nitrogen and oxygen atoms in total. The third-order valence-electron chi connectivity index (χ3n) is 2.96. The maximum Gasteiger partial charge on any atom is 0.309 e. The maximum absolute atomic E-state index is 11.6. The number of hydrogen-bond donors (Lipinski definition) is 1. The molecule has 0 aromatic heterocycles. The SMILES string of the molecule is CCCCOC1CC(O)(CC(=O)OC(C)(C)C)C1. The number of hydrogen-bond acceptors (Lipinski definition) is 4. The van der Waals surface area contributed by atoms with Gasteiger partial charge in [-0.05, 0) is 27.2 Å².